The molecule has 21 heavy (non-hydrogen) atoms. The van der Waals surface area contributed by atoms with Crippen molar-refractivity contribution >= 4 is 23.4 Å². The topological polar surface area (TPSA) is 38.3 Å². The lowest BCUT2D eigenvalue weighted by molar-refractivity contribution is -0.114. The van der Waals surface area contributed by atoms with Crippen molar-refractivity contribution in [3.05, 3.63) is 54.1 Å². The van der Waals surface area contributed by atoms with E-state index in [1.807, 2.05) is 49.4 Å². The quantitative estimate of drug-likeness (QED) is 0.807. The lowest BCUT2D eigenvalue weighted by Crippen LogP contribution is -2.05. The van der Waals surface area contributed by atoms with Gasteiger partial charge in [-0.05, 0) is 37.3 Å². The molecular weight excluding hydrogens is 282 g/mol. The molecule has 0 aliphatic heterocycles. The second-order valence-electron chi connectivity index (χ2n) is 4.53. The Hall–Kier alpha value is -1.94. The molecule has 0 heterocycles. The lowest BCUT2D eigenvalue weighted by atomic mass is 10.2. The summed E-state index contributed by atoms with van der Waals surface area (Å²) >= 11 is 1.75. The molecule has 2 aromatic rings. The van der Waals surface area contributed by atoms with E-state index in [1.165, 1.54) is 12.5 Å². The third-order valence-corrected chi connectivity index (χ3v) is 3.90. The van der Waals surface area contributed by atoms with Gasteiger partial charge in [0, 0.05) is 28.8 Å². The monoisotopic (exact) mass is 301 g/mol. The largest absolute Gasteiger partial charge is 0.494 e. The van der Waals surface area contributed by atoms with Crippen LogP contribution in [-0.4, -0.2) is 12.5 Å². The van der Waals surface area contributed by atoms with Crippen molar-refractivity contribution in [2.24, 2.45) is 0 Å². The van der Waals surface area contributed by atoms with Crippen LogP contribution in [0, 0.1) is 0 Å². The molecular formula is C17H19NO2S. The highest BCUT2D eigenvalue weighted by Crippen LogP contribution is 2.28. The molecule has 0 aliphatic carbocycles. The molecule has 0 aromatic heterocycles. The highest BCUT2D eigenvalue weighted by Gasteiger charge is 2.03. The molecule has 0 aliphatic rings. The van der Waals surface area contributed by atoms with Crippen LogP contribution in [0.15, 0.2) is 53.4 Å². The van der Waals surface area contributed by atoms with E-state index in [4.69, 9.17) is 4.74 Å². The van der Waals surface area contributed by atoms with Crippen LogP contribution in [0.4, 0.5) is 5.69 Å². The number of ether oxygens (including phenoxy) is 1. The third kappa shape index (κ3) is 4.83. The average molecular weight is 301 g/mol. The van der Waals surface area contributed by atoms with Crippen LogP contribution < -0.4 is 10.1 Å². The van der Waals surface area contributed by atoms with Crippen LogP contribution in [0.25, 0.3) is 0 Å². The maximum atomic E-state index is 11.0. The Bertz CT molecular complexity index is 596. The summed E-state index contributed by atoms with van der Waals surface area (Å²) in [4.78, 5) is 12.1. The predicted octanol–water partition coefficient (Wildman–Crippen LogP) is 4.34. The number of rotatable bonds is 6. The Labute approximate surface area is 129 Å². The fraction of sp³-hybridized carbons (Fsp3) is 0.235. The molecule has 3 nitrogen and oxygen atoms in total. The Morgan fingerprint density at radius 3 is 2.52 bits per heavy atom. The van der Waals surface area contributed by atoms with Gasteiger partial charge in [0.25, 0.3) is 0 Å². The van der Waals surface area contributed by atoms with Crippen molar-refractivity contribution in [1.82, 2.24) is 0 Å². The number of nitrogens with one attached hydrogen (secondary N) is 1. The number of carbonyl (C=O) groups excluding carboxylic acids is 1. The number of carbonyl (C=O) groups is 1. The Kier molecular flexibility index (Phi) is 5.69. The van der Waals surface area contributed by atoms with Crippen molar-refractivity contribution in [3.8, 4) is 5.75 Å². The van der Waals surface area contributed by atoms with Gasteiger partial charge in [-0.3, -0.25) is 4.79 Å². The van der Waals surface area contributed by atoms with Crippen molar-refractivity contribution < 1.29 is 9.53 Å². The molecule has 0 unspecified atom stereocenters. The zero-order valence-electron chi connectivity index (χ0n) is 12.3. The number of anilines is 1. The number of benzene rings is 2. The summed E-state index contributed by atoms with van der Waals surface area (Å²) in [5.74, 6) is 1.75. The summed E-state index contributed by atoms with van der Waals surface area (Å²) < 4.78 is 5.63. The zero-order chi connectivity index (χ0) is 15.1. The van der Waals surface area contributed by atoms with Gasteiger partial charge in [-0.15, -0.1) is 11.8 Å². The summed E-state index contributed by atoms with van der Waals surface area (Å²) in [5.41, 5.74) is 2.01. The first-order valence-corrected chi connectivity index (χ1v) is 7.88. The van der Waals surface area contributed by atoms with E-state index in [-0.39, 0.29) is 5.91 Å². The second kappa shape index (κ2) is 7.74. The first kappa shape index (κ1) is 15.4. The smallest absolute Gasteiger partial charge is 0.221 e. The fourth-order valence-electron chi connectivity index (χ4n) is 1.92. The van der Waals surface area contributed by atoms with E-state index >= 15 is 0 Å². The van der Waals surface area contributed by atoms with E-state index < -0.39 is 0 Å². The first-order valence-electron chi connectivity index (χ1n) is 6.90. The van der Waals surface area contributed by atoms with Crippen LogP contribution in [0.1, 0.15) is 19.4 Å². The van der Waals surface area contributed by atoms with Gasteiger partial charge < -0.3 is 10.1 Å². The van der Waals surface area contributed by atoms with Crippen LogP contribution >= 0.6 is 11.8 Å². The molecule has 1 amide bonds. The highest BCUT2D eigenvalue weighted by molar-refractivity contribution is 7.98. The van der Waals surface area contributed by atoms with Crippen LogP contribution in [0.5, 0.6) is 5.75 Å². The van der Waals surface area contributed by atoms with Gasteiger partial charge in [0.2, 0.25) is 5.91 Å². The van der Waals surface area contributed by atoms with Gasteiger partial charge in [0.15, 0.2) is 0 Å². The molecule has 0 fully saturated rings. The summed E-state index contributed by atoms with van der Waals surface area (Å²) in [7, 11) is 0. The standard InChI is InChI=1S/C17H19NO2S/c1-3-20-17-7-5-4-6-14(17)12-21-16-10-8-15(9-11-16)18-13(2)19/h4-11H,3,12H2,1-2H3,(H,18,19). The summed E-state index contributed by atoms with van der Waals surface area (Å²) in [6.07, 6.45) is 0. The number of hydrogen-bond acceptors (Lipinski definition) is 3. The van der Waals surface area contributed by atoms with Gasteiger partial charge in [-0.25, -0.2) is 0 Å². The average Bonchev–Trinajstić information content (AvgIpc) is 2.48. The molecule has 0 bridgehead atoms. The number of thioether (sulfide) groups is 1. The van der Waals surface area contributed by atoms with Gasteiger partial charge in [0.1, 0.15) is 5.75 Å². The van der Waals surface area contributed by atoms with Crippen molar-refractivity contribution in [1.29, 1.82) is 0 Å². The lowest BCUT2D eigenvalue weighted by Gasteiger charge is -2.10. The summed E-state index contributed by atoms with van der Waals surface area (Å²) in [5, 5.41) is 2.76. The van der Waals surface area contributed by atoms with E-state index in [2.05, 4.69) is 11.4 Å². The van der Waals surface area contributed by atoms with E-state index in [0.717, 1.165) is 22.1 Å². The number of hydrogen-bond donors (Lipinski definition) is 1. The molecule has 0 spiro atoms. The molecule has 1 N–H and O–H groups in total. The van der Waals surface area contributed by atoms with E-state index in [1.54, 1.807) is 11.8 Å². The maximum Gasteiger partial charge on any atom is 0.221 e. The molecule has 4 heteroatoms. The van der Waals surface area contributed by atoms with Gasteiger partial charge in [-0.2, -0.15) is 0 Å². The summed E-state index contributed by atoms with van der Waals surface area (Å²) in [6.45, 7) is 4.17. The van der Waals surface area contributed by atoms with Crippen LogP contribution in [0.3, 0.4) is 0 Å². The van der Waals surface area contributed by atoms with Gasteiger partial charge in [-0.1, -0.05) is 18.2 Å². The minimum absolute atomic E-state index is 0.0546. The highest BCUT2D eigenvalue weighted by atomic mass is 32.2. The number of para-hydroxylation sites is 1. The van der Waals surface area contributed by atoms with E-state index in [0.29, 0.717) is 6.61 Å². The fourth-order valence-corrected chi connectivity index (χ4v) is 2.81. The molecule has 2 aromatic carbocycles. The molecule has 0 radical (unpaired) electrons. The Morgan fingerprint density at radius 1 is 1.14 bits per heavy atom. The minimum Gasteiger partial charge on any atom is -0.494 e. The van der Waals surface area contributed by atoms with Crippen molar-refractivity contribution in [2.45, 2.75) is 24.5 Å². The predicted molar refractivity (Wildman–Crippen MR) is 87.9 cm³/mol. The molecule has 2 rings (SSSR count). The van der Waals surface area contributed by atoms with Crippen LogP contribution in [-0.2, 0) is 10.5 Å². The number of amides is 1. The molecule has 110 valence electrons. The summed E-state index contributed by atoms with van der Waals surface area (Å²) in [6, 6.07) is 16.0. The normalized spacial score (nSPS) is 10.2. The molecule has 0 saturated heterocycles. The van der Waals surface area contributed by atoms with Crippen molar-refractivity contribution in [3.63, 3.8) is 0 Å². The van der Waals surface area contributed by atoms with Crippen LogP contribution in [0.2, 0.25) is 0 Å². The Balaban J connectivity index is 1.98. The zero-order valence-corrected chi connectivity index (χ0v) is 13.1. The third-order valence-electron chi connectivity index (χ3n) is 2.84. The SMILES string of the molecule is CCOc1ccccc1CSc1ccc(NC(C)=O)cc1. The van der Waals surface area contributed by atoms with Crippen molar-refractivity contribution in [2.75, 3.05) is 11.9 Å². The maximum absolute atomic E-state index is 11.0. The van der Waals surface area contributed by atoms with Gasteiger partial charge >= 0.3 is 0 Å². The molecule has 0 atom stereocenters. The molecule has 0 saturated carbocycles. The van der Waals surface area contributed by atoms with E-state index in [9.17, 15) is 4.79 Å². The van der Waals surface area contributed by atoms with Gasteiger partial charge in [0.05, 0.1) is 6.61 Å². The Morgan fingerprint density at radius 2 is 1.86 bits per heavy atom. The minimum atomic E-state index is -0.0546. The first-order chi connectivity index (χ1) is 10.2. The second-order valence-corrected chi connectivity index (χ2v) is 5.58.